The van der Waals surface area contributed by atoms with Gasteiger partial charge in [-0.2, -0.15) is 0 Å². The number of benzene rings is 2. The van der Waals surface area contributed by atoms with E-state index >= 15 is 0 Å². The van der Waals surface area contributed by atoms with E-state index in [2.05, 4.69) is 20.8 Å². The van der Waals surface area contributed by atoms with Crippen LogP contribution >= 0.6 is 15.9 Å². The van der Waals surface area contributed by atoms with E-state index in [1.54, 1.807) is 12.1 Å². The Morgan fingerprint density at radius 2 is 1.79 bits per heavy atom. The summed E-state index contributed by atoms with van der Waals surface area (Å²) < 4.78 is 22.3. The van der Waals surface area contributed by atoms with Gasteiger partial charge in [-0.1, -0.05) is 34.1 Å². The number of methoxy groups -OCH3 is 2. The second-order valence-corrected chi connectivity index (χ2v) is 8.85. The molecule has 0 atom stereocenters. The number of allylic oxidation sites excluding steroid dienone is 1. The molecule has 1 fully saturated rings. The van der Waals surface area contributed by atoms with Gasteiger partial charge in [0.05, 0.1) is 11.7 Å². The first-order valence-corrected chi connectivity index (χ1v) is 11.7. The van der Waals surface area contributed by atoms with Gasteiger partial charge in [0.15, 0.2) is 19.4 Å². The molecule has 1 aliphatic heterocycles. The zero-order valence-corrected chi connectivity index (χ0v) is 20.9. The highest BCUT2D eigenvalue weighted by atomic mass is 79.9. The van der Waals surface area contributed by atoms with Crippen molar-refractivity contribution in [1.82, 2.24) is 4.90 Å². The molecule has 0 aliphatic carbocycles. The van der Waals surface area contributed by atoms with E-state index in [1.165, 1.54) is 20.3 Å². The van der Waals surface area contributed by atoms with Gasteiger partial charge in [-0.3, -0.25) is 9.69 Å². The molecule has 0 amide bonds. The van der Waals surface area contributed by atoms with Crippen LogP contribution in [0.1, 0.15) is 34.3 Å². The number of phenolic OH excluding ortho intramolecular Hbond substituents is 1. The normalized spacial score (nSPS) is 15.1. The van der Waals surface area contributed by atoms with Crippen molar-refractivity contribution in [2.75, 3.05) is 40.9 Å². The molecule has 0 aromatic heterocycles. The Labute approximate surface area is 207 Å². The Morgan fingerprint density at radius 1 is 1.12 bits per heavy atom. The van der Waals surface area contributed by atoms with Gasteiger partial charge < -0.3 is 29.2 Å². The number of piperidine rings is 1. The number of rotatable bonds is 11. The van der Waals surface area contributed by atoms with Gasteiger partial charge in [-0.15, -0.1) is 0 Å². The number of phenols is 1. The molecule has 0 spiro atoms. The fraction of sp³-hybridized carbons (Fsp3) is 0.400. The van der Waals surface area contributed by atoms with Gasteiger partial charge in [-0.05, 0) is 36.6 Å². The average Bonchev–Trinajstić information content (AvgIpc) is 2.83. The summed E-state index contributed by atoms with van der Waals surface area (Å²) in [5, 5.41) is 21.1. The summed E-state index contributed by atoms with van der Waals surface area (Å²) in [4.78, 5) is 15.3. The lowest BCUT2D eigenvalue weighted by atomic mass is 10.00. The lowest BCUT2D eigenvalue weighted by Crippen LogP contribution is -2.35. The molecule has 1 saturated heterocycles. The summed E-state index contributed by atoms with van der Waals surface area (Å²) in [7, 11) is 2.97. The molecule has 184 valence electrons. The Balaban J connectivity index is 1.99. The second kappa shape index (κ2) is 12.9. The van der Waals surface area contributed by atoms with E-state index in [0.29, 0.717) is 43.8 Å². The van der Waals surface area contributed by atoms with Gasteiger partial charge >= 0.3 is 0 Å². The molecule has 2 N–H and O–H groups in total. The van der Waals surface area contributed by atoms with E-state index in [1.807, 2.05) is 24.3 Å². The van der Waals surface area contributed by atoms with Gasteiger partial charge in [-0.25, -0.2) is 0 Å². The summed E-state index contributed by atoms with van der Waals surface area (Å²) in [6.07, 6.45) is 4.04. The molecule has 1 aliphatic rings. The number of aliphatic hydroxyl groups excluding tert-OH is 1. The minimum absolute atomic E-state index is 0.0279. The predicted octanol–water partition coefficient (Wildman–Crippen LogP) is 3.97. The maximum Gasteiger partial charge on any atom is 0.193 e. The lowest BCUT2D eigenvalue weighted by molar-refractivity contribution is 0.0436. The number of nitrogens with zero attached hydrogens (tertiary/aromatic N) is 1. The second-order valence-electron chi connectivity index (χ2n) is 7.94. The first-order chi connectivity index (χ1) is 16.4. The molecule has 9 heteroatoms. The minimum atomic E-state index is -0.419. The van der Waals surface area contributed by atoms with Gasteiger partial charge in [0, 0.05) is 44.4 Å². The van der Waals surface area contributed by atoms with Crippen LogP contribution in [-0.2, 0) is 16.0 Å². The lowest BCUT2D eigenvalue weighted by Gasteiger charge is -2.30. The number of carbonyl (C=O) groups excluding carboxylic acids is 1. The van der Waals surface area contributed by atoms with Crippen LogP contribution in [0.25, 0.3) is 6.08 Å². The molecule has 2 aromatic rings. The monoisotopic (exact) mass is 535 g/mol. The Kier molecular flexibility index (Phi) is 9.91. The number of likely N-dealkylation sites (tertiary alicyclic amines) is 1. The Hall–Kier alpha value is -2.43. The van der Waals surface area contributed by atoms with Gasteiger partial charge in [0.1, 0.15) is 22.8 Å². The SMILES string of the molecule is COCOc1cc(OCOC)c(C(=O)/C=C/c2cccc(Br)c2)c(O)c1CN1CCC(O)CC1. The highest BCUT2D eigenvalue weighted by Crippen LogP contribution is 2.40. The van der Waals surface area contributed by atoms with Crippen molar-refractivity contribution in [1.29, 1.82) is 0 Å². The molecule has 1 heterocycles. The van der Waals surface area contributed by atoms with E-state index in [-0.39, 0.29) is 36.8 Å². The van der Waals surface area contributed by atoms with Crippen LogP contribution in [0.4, 0.5) is 0 Å². The fourth-order valence-electron chi connectivity index (χ4n) is 3.71. The summed E-state index contributed by atoms with van der Waals surface area (Å²) in [5.74, 6) is -0.136. The molecule has 8 nitrogen and oxygen atoms in total. The van der Waals surface area contributed by atoms with Crippen molar-refractivity contribution in [2.45, 2.75) is 25.5 Å². The van der Waals surface area contributed by atoms with E-state index in [9.17, 15) is 15.0 Å². The minimum Gasteiger partial charge on any atom is -0.507 e. The number of aliphatic hydroxyl groups is 1. The van der Waals surface area contributed by atoms with Crippen molar-refractivity contribution in [3.8, 4) is 17.2 Å². The highest BCUT2D eigenvalue weighted by Gasteiger charge is 2.26. The topological polar surface area (TPSA) is 97.7 Å². The zero-order valence-electron chi connectivity index (χ0n) is 19.3. The smallest absolute Gasteiger partial charge is 0.193 e. The van der Waals surface area contributed by atoms with Crippen LogP contribution in [0.3, 0.4) is 0 Å². The Morgan fingerprint density at radius 3 is 2.44 bits per heavy atom. The molecule has 2 aromatic carbocycles. The first kappa shape index (κ1) is 26.2. The van der Waals surface area contributed by atoms with Gasteiger partial charge in [0.2, 0.25) is 0 Å². The third-order valence-electron chi connectivity index (χ3n) is 5.45. The molecule has 3 rings (SSSR count). The van der Waals surface area contributed by atoms with Crippen LogP contribution in [0.5, 0.6) is 17.2 Å². The van der Waals surface area contributed by atoms with Crippen LogP contribution in [0.2, 0.25) is 0 Å². The summed E-state index contributed by atoms with van der Waals surface area (Å²) in [6, 6.07) is 9.09. The van der Waals surface area contributed by atoms with Crippen LogP contribution in [0, 0.1) is 0 Å². The quantitative estimate of drug-likeness (QED) is 0.253. The number of halogens is 1. The number of hydrogen-bond acceptors (Lipinski definition) is 8. The van der Waals surface area contributed by atoms with Crippen LogP contribution < -0.4 is 9.47 Å². The van der Waals surface area contributed by atoms with Crippen LogP contribution in [0.15, 0.2) is 40.9 Å². The van der Waals surface area contributed by atoms with Crippen molar-refractivity contribution < 1.29 is 34.0 Å². The molecule has 0 bridgehead atoms. The largest absolute Gasteiger partial charge is 0.507 e. The highest BCUT2D eigenvalue weighted by molar-refractivity contribution is 9.10. The molecular formula is C25H30BrNO7. The summed E-state index contributed by atoms with van der Waals surface area (Å²) in [5.41, 5.74) is 1.31. The maximum atomic E-state index is 13.2. The number of ether oxygens (including phenoxy) is 4. The van der Waals surface area contributed by atoms with Crippen molar-refractivity contribution in [3.05, 3.63) is 57.6 Å². The third kappa shape index (κ3) is 7.04. The number of aromatic hydroxyl groups is 1. The first-order valence-electron chi connectivity index (χ1n) is 10.9. The molecule has 0 radical (unpaired) electrons. The number of ketones is 1. The number of carbonyl (C=O) groups is 1. The van der Waals surface area contributed by atoms with E-state index in [0.717, 1.165) is 10.0 Å². The van der Waals surface area contributed by atoms with Crippen molar-refractivity contribution in [3.63, 3.8) is 0 Å². The third-order valence-corrected chi connectivity index (χ3v) is 5.95. The van der Waals surface area contributed by atoms with Gasteiger partial charge in [0.25, 0.3) is 0 Å². The van der Waals surface area contributed by atoms with Crippen molar-refractivity contribution in [2.24, 2.45) is 0 Å². The average molecular weight is 536 g/mol. The van der Waals surface area contributed by atoms with E-state index in [4.69, 9.17) is 18.9 Å². The molecule has 34 heavy (non-hydrogen) atoms. The molecule has 0 unspecified atom stereocenters. The Bertz CT molecular complexity index is 1000. The van der Waals surface area contributed by atoms with E-state index < -0.39 is 5.78 Å². The summed E-state index contributed by atoms with van der Waals surface area (Å²) >= 11 is 3.42. The standard InChI is InChI=1S/C25H30BrNO7/c1-31-15-33-22-13-23(34-16-32-2)24(21(29)7-6-17-4-3-5-18(26)12-17)25(30)20(22)14-27-10-8-19(28)9-11-27/h3-7,12-13,19,28,30H,8-11,14-16H2,1-2H3/b7-6+. The molecule has 0 saturated carbocycles. The predicted molar refractivity (Wildman–Crippen MR) is 131 cm³/mol. The zero-order chi connectivity index (χ0) is 24.5. The van der Waals surface area contributed by atoms with Crippen molar-refractivity contribution >= 4 is 27.8 Å². The van der Waals surface area contributed by atoms with Crippen LogP contribution in [-0.4, -0.2) is 67.9 Å². The fourth-order valence-corrected chi connectivity index (χ4v) is 4.12. The maximum absolute atomic E-state index is 13.2. The number of hydrogen-bond donors (Lipinski definition) is 2. The molecular weight excluding hydrogens is 506 g/mol. The summed E-state index contributed by atoms with van der Waals surface area (Å²) in [6.45, 7) is 1.53.